The highest BCUT2D eigenvalue weighted by Crippen LogP contribution is 2.23. The number of hydrogen-bond donors (Lipinski definition) is 1. The van der Waals surface area contributed by atoms with E-state index in [0.29, 0.717) is 16.7 Å². The summed E-state index contributed by atoms with van der Waals surface area (Å²) in [6.07, 6.45) is 10.4. The molecule has 0 fully saturated rings. The summed E-state index contributed by atoms with van der Waals surface area (Å²) in [5.41, 5.74) is 0.811. The third kappa shape index (κ3) is 10.1. The second-order valence-electron chi connectivity index (χ2n) is 9.72. The van der Waals surface area contributed by atoms with Crippen LogP contribution in [0, 0.1) is 5.82 Å². The first-order chi connectivity index (χ1) is 17.0. The first kappa shape index (κ1) is 29.5. The molecule has 2 aromatic carbocycles. The van der Waals surface area contributed by atoms with Crippen molar-refractivity contribution in [3.63, 3.8) is 0 Å². The molecule has 3 rings (SSSR count). The molecule has 0 aromatic heterocycles. The Morgan fingerprint density at radius 1 is 0.944 bits per heavy atom. The number of nitrogens with zero attached hydrogens (tertiary/aromatic N) is 2. The van der Waals surface area contributed by atoms with Gasteiger partial charge in [-0.2, -0.15) is 12.8 Å². The molecule has 0 atom stereocenters. The van der Waals surface area contributed by atoms with E-state index >= 15 is 0 Å². The molecule has 1 amide bonds. The lowest BCUT2D eigenvalue weighted by atomic mass is 10.1. The van der Waals surface area contributed by atoms with Gasteiger partial charge in [0.1, 0.15) is 5.82 Å². The zero-order chi connectivity index (χ0) is 26.6. The molecular weight excluding hydrogens is 481 g/mol. The molecular formula is C27H38FN3O4S. The Kier molecular flexibility index (Phi) is 11.5. The Labute approximate surface area is 214 Å². The second-order valence-corrected chi connectivity index (χ2v) is 11.3. The summed E-state index contributed by atoms with van der Waals surface area (Å²) in [5.74, 6) is -0.990. The molecule has 1 N–H and O–H groups in total. The molecule has 0 unspecified atom stereocenters. The number of amides is 1. The van der Waals surface area contributed by atoms with Crippen LogP contribution in [0.3, 0.4) is 0 Å². The predicted octanol–water partition coefficient (Wildman–Crippen LogP) is 4.48. The molecule has 0 aliphatic carbocycles. The van der Waals surface area contributed by atoms with E-state index in [9.17, 15) is 22.7 Å². The summed E-state index contributed by atoms with van der Waals surface area (Å²) in [5, 5.41) is 13.8. The Bertz CT molecular complexity index is 1120. The minimum absolute atomic E-state index is 0.00926. The van der Waals surface area contributed by atoms with Gasteiger partial charge in [0.25, 0.3) is 15.9 Å². The third-order valence-electron chi connectivity index (χ3n) is 5.92. The van der Waals surface area contributed by atoms with Crippen molar-refractivity contribution in [1.82, 2.24) is 0 Å². The van der Waals surface area contributed by atoms with Crippen LogP contribution in [0.1, 0.15) is 63.9 Å². The van der Waals surface area contributed by atoms with Crippen molar-refractivity contribution in [3.05, 3.63) is 59.9 Å². The molecule has 1 aliphatic heterocycles. The SMILES string of the molecule is CCCCCCCCCC[N+](C)(C)CC(=O)Nc1ccc(F)cc1.O=S1(=O)N=C([O-])c2ccccc21. The number of sulfonamides is 1. The fourth-order valence-corrected chi connectivity index (χ4v) is 5.05. The normalized spacial score (nSPS) is 13.8. The van der Waals surface area contributed by atoms with Gasteiger partial charge in [0.2, 0.25) is 0 Å². The van der Waals surface area contributed by atoms with Crippen LogP contribution in [0.2, 0.25) is 0 Å². The van der Waals surface area contributed by atoms with E-state index in [1.165, 1.54) is 69.2 Å². The van der Waals surface area contributed by atoms with Gasteiger partial charge in [-0.25, -0.2) is 4.39 Å². The topological polar surface area (TPSA) is 98.7 Å². The number of carbonyl (C=O) groups is 1. The van der Waals surface area contributed by atoms with Crippen LogP contribution in [0.25, 0.3) is 0 Å². The number of hydrogen-bond acceptors (Lipinski definition) is 4. The molecule has 0 spiro atoms. The fraction of sp³-hybridized carbons (Fsp3) is 0.481. The highest BCUT2D eigenvalue weighted by molar-refractivity contribution is 7.90. The fourth-order valence-electron chi connectivity index (χ4n) is 3.95. The van der Waals surface area contributed by atoms with E-state index in [0.717, 1.165) is 13.0 Å². The van der Waals surface area contributed by atoms with Gasteiger partial charge in [-0.15, -0.1) is 0 Å². The first-order valence-electron chi connectivity index (χ1n) is 12.5. The molecule has 9 heteroatoms. The standard InChI is InChI=1S/C20H33FN2O.C7H5NO3S/c1-4-5-6-7-8-9-10-11-16-23(2,3)17-20(24)22-19-14-12-18(21)13-15-19;9-7-5-3-1-2-4-6(5)12(10,11)8-7/h12-15H,4-11,16-17H2,1-3H3;1-4H,(H,8,9). The van der Waals surface area contributed by atoms with Crippen molar-refractivity contribution in [2.45, 2.75) is 63.2 Å². The third-order valence-corrected chi connectivity index (χ3v) is 7.23. The number of quaternary nitrogens is 1. The molecule has 0 saturated carbocycles. The zero-order valence-electron chi connectivity index (χ0n) is 21.5. The summed E-state index contributed by atoms with van der Waals surface area (Å²) in [6.45, 7) is 3.69. The molecule has 0 radical (unpaired) electrons. The van der Waals surface area contributed by atoms with Crippen molar-refractivity contribution in [3.8, 4) is 0 Å². The van der Waals surface area contributed by atoms with E-state index in [1.807, 2.05) is 0 Å². The van der Waals surface area contributed by atoms with Gasteiger partial charge in [-0.3, -0.25) is 4.79 Å². The lowest BCUT2D eigenvalue weighted by molar-refractivity contribution is -0.882. The Morgan fingerprint density at radius 2 is 1.53 bits per heavy atom. The minimum atomic E-state index is -3.68. The first-order valence-corrected chi connectivity index (χ1v) is 14.0. The molecule has 1 heterocycles. The molecule has 198 valence electrons. The summed E-state index contributed by atoms with van der Waals surface area (Å²) < 4.78 is 38.7. The molecule has 7 nitrogen and oxygen atoms in total. The number of carbonyl (C=O) groups excluding carboxylic acids is 1. The van der Waals surface area contributed by atoms with Crippen molar-refractivity contribution < 1.29 is 27.2 Å². The molecule has 2 aromatic rings. The quantitative estimate of drug-likeness (QED) is 0.330. The number of nitrogens with one attached hydrogen (secondary N) is 1. The second kappa shape index (κ2) is 14.1. The summed E-state index contributed by atoms with van der Waals surface area (Å²) in [7, 11) is 0.498. The van der Waals surface area contributed by atoms with Crippen molar-refractivity contribution >= 4 is 27.5 Å². The molecule has 36 heavy (non-hydrogen) atoms. The van der Waals surface area contributed by atoms with E-state index in [2.05, 4.69) is 30.7 Å². The van der Waals surface area contributed by atoms with E-state index in [-0.39, 0.29) is 22.2 Å². The van der Waals surface area contributed by atoms with Crippen LogP contribution in [0.4, 0.5) is 10.1 Å². The Balaban J connectivity index is 0.000000313. The van der Waals surface area contributed by atoms with Crippen LogP contribution in [0.5, 0.6) is 0 Å². The largest absolute Gasteiger partial charge is 0.858 e. The van der Waals surface area contributed by atoms with Gasteiger partial charge in [0, 0.05) is 17.1 Å². The summed E-state index contributed by atoms with van der Waals surface area (Å²) >= 11 is 0. The van der Waals surface area contributed by atoms with Gasteiger partial charge in [0.05, 0.1) is 25.5 Å². The molecule has 1 aliphatic rings. The number of likely N-dealkylation sites (N-methyl/N-ethyl adjacent to an activating group) is 1. The maximum Gasteiger partial charge on any atom is 0.282 e. The monoisotopic (exact) mass is 519 g/mol. The van der Waals surface area contributed by atoms with Crippen LogP contribution >= 0.6 is 0 Å². The van der Waals surface area contributed by atoms with Gasteiger partial charge in [0.15, 0.2) is 6.54 Å². The lowest BCUT2D eigenvalue weighted by Crippen LogP contribution is -2.46. The van der Waals surface area contributed by atoms with Crippen molar-refractivity contribution in [2.24, 2.45) is 4.40 Å². The smallest absolute Gasteiger partial charge is 0.282 e. The number of fused-ring (bicyclic) bond motifs is 1. The van der Waals surface area contributed by atoms with Crippen LogP contribution < -0.4 is 10.4 Å². The Morgan fingerprint density at radius 3 is 2.14 bits per heavy atom. The maximum atomic E-state index is 12.9. The van der Waals surface area contributed by atoms with Crippen molar-refractivity contribution in [2.75, 3.05) is 32.5 Å². The highest BCUT2D eigenvalue weighted by atomic mass is 32.2. The van der Waals surface area contributed by atoms with Gasteiger partial charge in [-0.05, 0) is 43.2 Å². The maximum absolute atomic E-state index is 12.9. The predicted molar refractivity (Wildman–Crippen MR) is 140 cm³/mol. The van der Waals surface area contributed by atoms with Crippen LogP contribution in [0.15, 0.2) is 57.8 Å². The van der Waals surface area contributed by atoms with E-state index < -0.39 is 15.9 Å². The number of halogens is 1. The van der Waals surface area contributed by atoms with Crippen LogP contribution in [-0.4, -0.2) is 51.9 Å². The number of unbranched alkanes of at least 4 members (excludes halogenated alkanes) is 7. The lowest BCUT2D eigenvalue weighted by Gasteiger charge is -2.29. The molecule has 0 saturated heterocycles. The zero-order valence-corrected chi connectivity index (χ0v) is 22.3. The van der Waals surface area contributed by atoms with Gasteiger partial charge < -0.3 is 14.9 Å². The average Bonchev–Trinajstić information content (AvgIpc) is 3.05. The summed E-state index contributed by atoms with van der Waals surface area (Å²) in [6, 6.07) is 11.9. The number of benzene rings is 2. The van der Waals surface area contributed by atoms with Crippen LogP contribution in [-0.2, 0) is 14.8 Å². The van der Waals surface area contributed by atoms with Gasteiger partial charge in [-0.1, -0.05) is 63.6 Å². The van der Waals surface area contributed by atoms with Gasteiger partial charge >= 0.3 is 0 Å². The van der Waals surface area contributed by atoms with E-state index in [4.69, 9.17) is 0 Å². The minimum Gasteiger partial charge on any atom is -0.858 e. The molecule has 0 bridgehead atoms. The summed E-state index contributed by atoms with van der Waals surface area (Å²) in [4.78, 5) is 12.1. The Hall–Kier alpha value is -2.78. The highest BCUT2D eigenvalue weighted by Gasteiger charge is 2.23. The number of rotatable bonds is 12. The average molecular weight is 520 g/mol. The van der Waals surface area contributed by atoms with Crippen molar-refractivity contribution in [1.29, 1.82) is 0 Å². The van der Waals surface area contributed by atoms with E-state index in [1.54, 1.807) is 24.3 Å². The number of anilines is 1.